The molecule has 9 nitrogen and oxygen atoms in total. The van der Waals surface area contributed by atoms with E-state index in [0.29, 0.717) is 6.07 Å². The zero-order valence-electron chi connectivity index (χ0n) is 13.2. The Labute approximate surface area is 142 Å². The van der Waals surface area contributed by atoms with E-state index in [-0.39, 0.29) is 16.8 Å². The van der Waals surface area contributed by atoms with Crippen molar-refractivity contribution in [3.8, 4) is 0 Å². The maximum Gasteiger partial charge on any atom is 0.433 e. The third-order valence-electron chi connectivity index (χ3n) is 3.61. The van der Waals surface area contributed by atoms with Gasteiger partial charge in [-0.2, -0.15) is 18.3 Å². The average molecular weight is 368 g/mol. The summed E-state index contributed by atoms with van der Waals surface area (Å²) in [7, 11) is 1.38. The molecule has 0 aromatic carbocycles. The normalized spacial score (nSPS) is 11.7. The number of halogens is 3. The largest absolute Gasteiger partial charge is 0.433 e. The predicted molar refractivity (Wildman–Crippen MR) is 80.7 cm³/mol. The lowest BCUT2D eigenvalue weighted by atomic mass is 10.0. The molecule has 0 aliphatic heterocycles. The van der Waals surface area contributed by atoms with Gasteiger partial charge in [-0.1, -0.05) is 0 Å². The first-order chi connectivity index (χ1) is 12.2. The monoisotopic (exact) mass is 368 g/mol. The molecule has 0 radical (unpaired) electrons. The van der Waals surface area contributed by atoms with Crippen molar-refractivity contribution in [3.05, 3.63) is 68.0 Å². The summed E-state index contributed by atoms with van der Waals surface area (Å²) in [5, 5.41) is 6.15. The Morgan fingerprint density at radius 1 is 1.23 bits per heavy atom. The Balaban J connectivity index is 2.13. The first kappa shape index (κ1) is 17.4. The zero-order chi connectivity index (χ0) is 19.1. The number of aromatic nitrogens is 6. The molecule has 0 fully saturated rings. The lowest BCUT2D eigenvalue weighted by molar-refractivity contribution is -0.141. The van der Waals surface area contributed by atoms with E-state index in [1.165, 1.54) is 7.05 Å². The molecule has 12 heteroatoms. The highest BCUT2D eigenvalue weighted by Crippen LogP contribution is 2.28. The Morgan fingerprint density at radius 3 is 2.50 bits per heavy atom. The fourth-order valence-electron chi connectivity index (χ4n) is 2.29. The molecule has 0 amide bonds. The van der Waals surface area contributed by atoms with Crippen LogP contribution in [0.15, 0.2) is 34.2 Å². The van der Waals surface area contributed by atoms with E-state index in [2.05, 4.69) is 20.2 Å². The minimum Gasteiger partial charge on any atom is -0.302 e. The predicted octanol–water partition coefficient (Wildman–Crippen LogP) is 0.291. The van der Waals surface area contributed by atoms with Crippen LogP contribution in [-0.4, -0.2) is 35.3 Å². The Morgan fingerprint density at radius 2 is 1.96 bits per heavy atom. The van der Waals surface area contributed by atoms with Gasteiger partial charge in [0.25, 0.3) is 5.56 Å². The lowest BCUT2D eigenvalue weighted by Gasteiger charge is -2.11. The van der Waals surface area contributed by atoms with Crippen LogP contribution in [0.1, 0.15) is 27.3 Å². The van der Waals surface area contributed by atoms with Gasteiger partial charge < -0.3 is 5.10 Å². The minimum absolute atomic E-state index is 0.232. The lowest BCUT2D eigenvalue weighted by Crippen LogP contribution is -2.24. The molecule has 0 bridgehead atoms. The van der Waals surface area contributed by atoms with Gasteiger partial charge in [-0.15, -0.1) is 0 Å². The number of aromatic amines is 2. The number of alkyl halides is 3. The number of ketones is 1. The Bertz CT molecular complexity index is 1090. The molecule has 0 atom stereocenters. The first-order valence-electron chi connectivity index (χ1n) is 7.15. The maximum absolute atomic E-state index is 13.0. The average Bonchev–Trinajstić information content (AvgIpc) is 3.12. The number of hydrogen-bond donors (Lipinski definition) is 2. The third-order valence-corrected chi connectivity index (χ3v) is 3.61. The number of aryl methyl sites for hydroxylation is 1. The van der Waals surface area contributed by atoms with E-state index in [1.54, 1.807) is 0 Å². The van der Waals surface area contributed by atoms with Gasteiger partial charge in [0.15, 0.2) is 0 Å². The maximum atomic E-state index is 13.0. The molecule has 3 aromatic rings. The van der Waals surface area contributed by atoms with Gasteiger partial charge in [-0.05, 0) is 12.1 Å². The van der Waals surface area contributed by atoms with Crippen LogP contribution in [0, 0.1) is 0 Å². The molecule has 0 aliphatic rings. The fourth-order valence-corrected chi connectivity index (χ4v) is 2.29. The number of nitrogens with zero attached hydrogens (tertiary/aromatic N) is 4. The topological polar surface area (TPSA) is 118 Å². The van der Waals surface area contributed by atoms with E-state index in [0.717, 1.165) is 28.0 Å². The first-order valence-corrected chi connectivity index (χ1v) is 7.15. The second-order valence-corrected chi connectivity index (χ2v) is 5.32. The van der Waals surface area contributed by atoms with E-state index >= 15 is 0 Å². The quantitative estimate of drug-likeness (QED) is 0.642. The molecule has 0 unspecified atom stereocenters. The van der Waals surface area contributed by atoms with Crippen molar-refractivity contribution >= 4 is 5.78 Å². The van der Waals surface area contributed by atoms with Crippen LogP contribution < -0.4 is 11.2 Å². The van der Waals surface area contributed by atoms with E-state index in [9.17, 15) is 27.6 Å². The molecule has 2 N–H and O–H groups in total. The van der Waals surface area contributed by atoms with Crippen molar-refractivity contribution in [2.24, 2.45) is 7.05 Å². The highest BCUT2D eigenvalue weighted by molar-refractivity contribution is 6.09. The van der Waals surface area contributed by atoms with Crippen LogP contribution in [0.5, 0.6) is 0 Å². The second kappa shape index (κ2) is 6.13. The van der Waals surface area contributed by atoms with Crippen molar-refractivity contribution < 1.29 is 18.0 Å². The van der Waals surface area contributed by atoms with E-state index in [1.807, 2.05) is 0 Å². The second-order valence-electron chi connectivity index (χ2n) is 5.32. The zero-order valence-corrected chi connectivity index (χ0v) is 13.2. The highest BCUT2D eigenvalue weighted by Gasteiger charge is 2.34. The molecule has 0 aliphatic carbocycles. The van der Waals surface area contributed by atoms with Crippen LogP contribution in [-0.2, 0) is 19.8 Å². The Kier molecular flexibility index (Phi) is 4.10. The number of nitrogens with one attached hydrogen (secondary N) is 2. The van der Waals surface area contributed by atoms with Crippen molar-refractivity contribution in [1.29, 1.82) is 0 Å². The summed E-state index contributed by atoms with van der Waals surface area (Å²) in [5.74, 6) is -0.813. The minimum atomic E-state index is -4.74. The van der Waals surface area contributed by atoms with Crippen LogP contribution >= 0.6 is 0 Å². The molecule has 3 heterocycles. The van der Waals surface area contributed by atoms with Gasteiger partial charge in [0.2, 0.25) is 5.78 Å². The highest BCUT2D eigenvalue weighted by atomic mass is 19.4. The van der Waals surface area contributed by atoms with Crippen molar-refractivity contribution in [3.63, 3.8) is 0 Å². The van der Waals surface area contributed by atoms with Crippen LogP contribution in [0.3, 0.4) is 0 Å². The standard InChI is InChI=1S/C14H11F3N6O3/c1-22-12(25)8(4-19-22)11(24)7-2-3-10(14(15,16)17)21-9(7)5-23-13(26)18-6-20-23/h2-4,6,19H,5H2,1H3,(H,18,20,26). The summed E-state index contributed by atoms with van der Waals surface area (Å²) in [6, 6.07) is 1.57. The molecule has 0 spiro atoms. The molecular weight excluding hydrogens is 357 g/mol. The molecule has 0 saturated heterocycles. The molecule has 136 valence electrons. The van der Waals surface area contributed by atoms with Crippen LogP contribution in [0.25, 0.3) is 0 Å². The van der Waals surface area contributed by atoms with Gasteiger partial charge in [-0.25, -0.2) is 14.5 Å². The summed E-state index contributed by atoms with van der Waals surface area (Å²) < 4.78 is 40.7. The van der Waals surface area contributed by atoms with Gasteiger partial charge in [0.05, 0.1) is 12.2 Å². The van der Waals surface area contributed by atoms with E-state index in [4.69, 9.17) is 0 Å². The van der Waals surface area contributed by atoms with Gasteiger partial charge in [0, 0.05) is 18.8 Å². The van der Waals surface area contributed by atoms with Crippen LogP contribution in [0.4, 0.5) is 13.2 Å². The molecular formula is C14H11F3N6O3. The number of carbonyl (C=O) groups excluding carboxylic acids is 1. The Hall–Kier alpha value is -3.44. The summed E-state index contributed by atoms with van der Waals surface area (Å²) in [6.07, 6.45) is -2.54. The van der Waals surface area contributed by atoms with Crippen molar-refractivity contribution in [2.75, 3.05) is 0 Å². The van der Waals surface area contributed by atoms with Crippen LogP contribution in [0.2, 0.25) is 0 Å². The number of H-pyrrole nitrogens is 2. The molecule has 0 saturated carbocycles. The van der Waals surface area contributed by atoms with Crippen molar-refractivity contribution in [2.45, 2.75) is 12.7 Å². The summed E-state index contributed by atoms with van der Waals surface area (Å²) in [5.41, 5.74) is -3.37. The van der Waals surface area contributed by atoms with Gasteiger partial charge in [0.1, 0.15) is 17.6 Å². The third kappa shape index (κ3) is 3.08. The van der Waals surface area contributed by atoms with E-state index < -0.39 is 35.4 Å². The summed E-state index contributed by atoms with van der Waals surface area (Å²) >= 11 is 0. The smallest absolute Gasteiger partial charge is 0.302 e. The fraction of sp³-hybridized carbons (Fsp3) is 0.214. The number of hydrogen-bond acceptors (Lipinski definition) is 5. The number of pyridine rings is 1. The van der Waals surface area contributed by atoms with Crippen molar-refractivity contribution in [1.82, 2.24) is 29.5 Å². The summed E-state index contributed by atoms with van der Waals surface area (Å²) in [6.45, 7) is -0.474. The number of rotatable bonds is 4. The molecule has 26 heavy (non-hydrogen) atoms. The number of carbonyl (C=O) groups is 1. The molecule has 3 aromatic heterocycles. The van der Waals surface area contributed by atoms with Gasteiger partial charge >= 0.3 is 11.9 Å². The van der Waals surface area contributed by atoms with Gasteiger partial charge in [-0.3, -0.25) is 19.3 Å². The summed E-state index contributed by atoms with van der Waals surface area (Å²) in [4.78, 5) is 41.8. The SMILES string of the molecule is Cn1[nH]cc(C(=O)c2ccc(C(F)(F)F)nc2Cn2nc[nH]c2=O)c1=O. The molecule has 3 rings (SSSR count).